The van der Waals surface area contributed by atoms with Gasteiger partial charge in [0, 0.05) is 5.69 Å². The summed E-state index contributed by atoms with van der Waals surface area (Å²) in [5.74, 6) is -1.01. The van der Waals surface area contributed by atoms with E-state index in [2.05, 4.69) is 10.6 Å². The molecule has 0 saturated carbocycles. The Morgan fingerprint density at radius 1 is 0.972 bits per heavy atom. The number of anilines is 2. The Morgan fingerprint density at radius 2 is 1.75 bits per heavy atom. The maximum atomic E-state index is 13.7. The molecule has 3 aromatic carbocycles. The van der Waals surface area contributed by atoms with Gasteiger partial charge in [0.25, 0.3) is 11.8 Å². The number of nitrogens with zero attached hydrogens (tertiary/aromatic N) is 1. The smallest absolute Gasteiger partial charge is 0.266 e. The average molecular weight is 488 g/mol. The van der Waals surface area contributed by atoms with Gasteiger partial charge in [0.05, 0.1) is 12.3 Å². The summed E-state index contributed by atoms with van der Waals surface area (Å²) in [4.78, 5) is 24.9. The van der Waals surface area contributed by atoms with Crippen molar-refractivity contribution in [1.29, 1.82) is 5.26 Å². The lowest BCUT2D eigenvalue weighted by molar-refractivity contribution is -0.118. The van der Waals surface area contributed by atoms with Gasteiger partial charge in [0.15, 0.2) is 18.1 Å². The lowest BCUT2D eigenvalue weighted by Crippen LogP contribution is -2.21. The van der Waals surface area contributed by atoms with E-state index < -0.39 is 17.6 Å². The molecule has 0 aliphatic rings. The maximum absolute atomic E-state index is 13.7. The molecule has 7 nitrogen and oxygen atoms in total. The second-order valence-corrected chi connectivity index (χ2v) is 7.90. The molecule has 0 atom stereocenters. The van der Waals surface area contributed by atoms with Gasteiger partial charge >= 0.3 is 0 Å². The van der Waals surface area contributed by atoms with Crippen molar-refractivity contribution in [3.05, 3.63) is 88.7 Å². The molecule has 2 N–H and O–H groups in total. The van der Waals surface area contributed by atoms with Crippen molar-refractivity contribution in [2.45, 2.75) is 20.8 Å². The van der Waals surface area contributed by atoms with E-state index in [1.54, 1.807) is 37.3 Å². The summed E-state index contributed by atoms with van der Waals surface area (Å²) in [5.41, 5.74) is 3.08. The van der Waals surface area contributed by atoms with Crippen molar-refractivity contribution < 1.29 is 23.5 Å². The predicted octanol–water partition coefficient (Wildman–Crippen LogP) is 5.40. The van der Waals surface area contributed by atoms with Crippen LogP contribution in [0, 0.1) is 31.0 Å². The predicted molar refractivity (Wildman–Crippen MR) is 136 cm³/mol. The van der Waals surface area contributed by atoms with E-state index >= 15 is 0 Å². The zero-order chi connectivity index (χ0) is 26.1. The summed E-state index contributed by atoms with van der Waals surface area (Å²) >= 11 is 0. The zero-order valence-corrected chi connectivity index (χ0v) is 20.2. The molecular weight excluding hydrogens is 461 g/mol. The number of benzene rings is 3. The molecule has 0 heterocycles. The average Bonchev–Trinajstić information content (AvgIpc) is 2.85. The van der Waals surface area contributed by atoms with E-state index in [1.807, 2.05) is 32.0 Å². The molecule has 0 aliphatic heterocycles. The molecule has 0 aliphatic carbocycles. The molecule has 2 amide bonds. The summed E-state index contributed by atoms with van der Waals surface area (Å²) < 4.78 is 24.9. The third-order valence-electron chi connectivity index (χ3n) is 5.08. The summed E-state index contributed by atoms with van der Waals surface area (Å²) in [6.07, 6.45) is 1.44. The number of halogens is 1. The minimum atomic E-state index is -0.549. The van der Waals surface area contributed by atoms with E-state index in [0.717, 1.165) is 11.1 Å². The Labute approximate surface area is 209 Å². The molecule has 8 heteroatoms. The van der Waals surface area contributed by atoms with Crippen LogP contribution in [0.15, 0.2) is 66.2 Å². The second-order valence-electron chi connectivity index (χ2n) is 7.90. The number of amides is 2. The molecule has 0 radical (unpaired) electrons. The van der Waals surface area contributed by atoms with Gasteiger partial charge in [-0.3, -0.25) is 9.59 Å². The molecule has 0 unspecified atom stereocenters. The molecule has 3 aromatic rings. The van der Waals surface area contributed by atoms with Gasteiger partial charge in [-0.05, 0) is 68.3 Å². The quantitative estimate of drug-likeness (QED) is 0.311. The van der Waals surface area contributed by atoms with Crippen molar-refractivity contribution in [3.8, 4) is 17.6 Å². The van der Waals surface area contributed by atoms with Gasteiger partial charge in [-0.15, -0.1) is 0 Å². The lowest BCUT2D eigenvalue weighted by Gasteiger charge is -2.13. The SMILES string of the molecule is CCOc1cc(C=C(C#N)C(=O)Nc2ccc(C)cc2C)ccc1OCC(=O)Nc1ccccc1F. The van der Waals surface area contributed by atoms with Crippen molar-refractivity contribution in [3.63, 3.8) is 0 Å². The van der Waals surface area contributed by atoms with Gasteiger partial charge in [0.2, 0.25) is 0 Å². The van der Waals surface area contributed by atoms with E-state index in [4.69, 9.17) is 9.47 Å². The normalized spacial score (nSPS) is 10.8. The highest BCUT2D eigenvalue weighted by molar-refractivity contribution is 6.10. The fraction of sp³-hybridized carbons (Fsp3) is 0.179. The third kappa shape index (κ3) is 6.93. The minimum absolute atomic E-state index is 0.0553. The van der Waals surface area contributed by atoms with Crippen LogP contribution in [-0.2, 0) is 9.59 Å². The van der Waals surface area contributed by atoms with E-state index in [1.165, 1.54) is 24.3 Å². The first-order valence-corrected chi connectivity index (χ1v) is 11.2. The molecule has 0 fully saturated rings. The van der Waals surface area contributed by atoms with Crippen molar-refractivity contribution in [1.82, 2.24) is 0 Å². The van der Waals surface area contributed by atoms with Crippen molar-refractivity contribution in [2.75, 3.05) is 23.8 Å². The number of hydrogen-bond acceptors (Lipinski definition) is 5. The minimum Gasteiger partial charge on any atom is -0.490 e. The van der Waals surface area contributed by atoms with Crippen LogP contribution in [-0.4, -0.2) is 25.0 Å². The first-order chi connectivity index (χ1) is 17.3. The number of carbonyl (C=O) groups is 2. The number of aryl methyl sites for hydroxylation is 2. The Bertz CT molecular complexity index is 1340. The van der Waals surface area contributed by atoms with Crippen LogP contribution in [0.4, 0.5) is 15.8 Å². The van der Waals surface area contributed by atoms with Gasteiger partial charge in [0.1, 0.15) is 17.5 Å². The first kappa shape index (κ1) is 26.0. The number of rotatable bonds is 9. The van der Waals surface area contributed by atoms with Gasteiger partial charge in [-0.2, -0.15) is 5.26 Å². The number of carbonyl (C=O) groups excluding carboxylic acids is 2. The van der Waals surface area contributed by atoms with Crippen LogP contribution in [0.2, 0.25) is 0 Å². The van der Waals surface area contributed by atoms with Crippen LogP contribution in [0.5, 0.6) is 11.5 Å². The Morgan fingerprint density at radius 3 is 2.44 bits per heavy atom. The largest absolute Gasteiger partial charge is 0.490 e. The molecule has 184 valence electrons. The number of hydrogen-bond donors (Lipinski definition) is 2. The lowest BCUT2D eigenvalue weighted by atomic mass is 10.1. The van der Waals surface area contributed by atoms with Crippen LogP contribution >= 0.6 is 0 Å². The Hall–Kier alpha value is -4.64. The van der Waals surface area contributed by atoms with Crippen LogP contribution in [0.25, 0.3) is 6.08 Å². The first-order valence-electron chi connectivity index (χ1n) is 11.2. The number of nitrogens with one attached hydrogen (secondary N) is 2. The van der Waals surface area contributed by atoms with Crippen molar-refractivity contribution in [2.24, 2.45) is 0 Å². The number of para-hydroxylation sites is 1. The maximum Gasteiger partial charge on any atom is 0.266 e. The second kappa shape index (κ2) is 12.2. The summed E-state index contributed by atoms with van der Waals surface area (Å²) in [6.45, 7) is 5.57. The van der Waals surface area contributed by atoms with Crippen molar-refractivity contribution >= 4 is 29.3 Å². The van der Waals surface area contributed by atoms with Gasteiger partial charge in [-0.25, -0.2) is 4.39 Å². The zero-order valence-electron chi connectivity index (χ0n) is 20.2. The van der Waals surface area contributed by atoms with Gasteiger partial charge in [-0.1, -0.05) is 35.9 Å². The Balaban J connectivity index is 1.73. The van der Waals surface area contributed by atoms with Crippen LogP contribution in [0.1, 0.15) is 23.6 Å². The standard InChI is InChI=1S/C28H26FN3O4/c1-4-35-26-15-20(14-21(16-30)28(34)32-23-11-9-18(2)13-19(23)3)10-12-25(26)36-17-27(33)31-24-8-6-5-7-22(24)29/h5-15H,4,17H2,1-3H3,(H,31,33)(H,32,34). The molecular formula is C28H26FN3O4. The molecule has 0 spiro atoms. The van der Waals surface area contributed by atoms with E-state index in [-0.39, 0.29) is 23.6 Å². The molecule has 36 heavy (non-hydrogen) atoms. The molecule has 0 aromatic heterocycles. The highest BCUT2D eigenvalue weighted by Gasteiger charge is 2.14. The third-order valence-corrected chi connectivity index (χ3v) is 5.08. The molecule has 0 saturated heterocycles. The van der Waals surface area contributed by atoms with E-state index in [9.17, 15) is 19.2 Å². The van der Waals surface area contributed by atoms with Gasteiger partial charge < -0.3 is 20.1 Å². The monoisotopic (exact) mass is 487 g/mol. The fourth-order valence-corrected chi connectivity index (χ4v) is 3.35. The van der Waals surface area contributed by atoms with Crippen LogP contribution < -0.4 is 20.1 Å². The summed E-state index contributed by atoms with van der Waals surface area (Å²) in [7, 11) is 0. The van der Waals surface area contributed by atoms with Crippen LogP contribution in [0.3, 0.4) is 0 Å². The molecule has 3 rings (SSSR count). The number of ether oxygens (including phenoxy) is 2. The summed E-state index contributed by atoms with van der Waals surface area (Å²) in [6, 6.07) is 18.2. The van der Waals surface area contributed by atoms with E-state index in [0.29, 0.717) is 23.6 Å². The molecule has 0 bridgehead atoms. The highest BCUT2D eigenvalue weighted by atomic mass is 19.1. The Kier molecular flexibility index (Phi) is 8.79. The number of nitriles is 1. The fourth-order valence-electron chi connectivity index (χ4n) is 3.35. The highest BCUT2D eigenvalue weighted by Crippen LogP contribution is 2.30. The summed E-state index contributed by atoms with van der Waals surface area (Å²) in [5, 5.41) is 14.8. The topological polar surface area (TPSA) is 100 Å².